The van der Waals surface area contributed by atoms with Crippen molar-refractivity contribution in [3.8, 4) is 5.75 Å². The summed E-state index contributed by atoms with van der Waals surface area (Å²) in [6.07, 6.45) is 3.34. The summed E-state index contributed by atoms with van der Waals surface area (Å²) >= 11 is 0. The molecule has 0 saturated heterocycles. The van der Waals surface area contributed by atoms with Crippen molar-refractivity contribution in [2.24, 2.45) is 5.41 Å². The molecule has 0 bridgehead atoms. The number of H-pyrrole nitrogens is 1. The second-order valence-electron chi connectivity index (χ2n) is 12.0. The number of Topliss-reactive ketones (excluding diaryl/α,β-unsaturated/α-hetero) is 1. The van der Waals surface area contributed by atoms with Crippen LogP contribution in [0.5, 0.6) is 5.75 Å². The molecule has 3 N–H and O–H groups in total. The number of methoxy groups -OCH3 is 1. The average Bonchev–Trinajstić information content (AvgIpc) is 3.30. The fraction of sp³-hybridized carbons (Fsp3) is 0.294. The van der Waals surface area contributed by atoms with Gasteiger partial charge in [-0.3, -0.25) is 9.59 Å². The van der Waals surface area contributed by atoms with Gasteiger partial charge >= 0.3 is 0 Å². The van der Waals surface area contributed by atoms with Gasteiger partial charge in [0.25, 0.3) is 0 Å². The quantitative estimate of drug-likeness (QED) is 0.233. The molecule has 4 aromatic rings. The van der Waals surface area contributed by atoms with E-state index in [1.807, 2.05) is 62.5 Å². The maximum atomic E-state index is 15.5. The van der Waals surface area contributed by atoms with Gasteiger partial charge in [0, 0.05) is 53.0 Å². The van der Waals surface area contributed by atoms with Crippen LogP contribution in [-0.2, 0) is 16.0 Å². The predicted octanol–water partition coefficient (Wildman–Crippen LogP) is 6.43. The Hall–Kier alpha value is -4.66. The summed E-state index contributed by atoms with van der Waals surface area (Å²) in [5.74, 6) is -1.14. The van der Waals surface area contributed by atoms with Gasteiger partial charge in [-0.25, -0.2) is 8.78 Å². The smallest absolute Gasteiger partial charge is 0.239 e. The van der Waals surface area contributed by atoms with E-state index >= 15 is 4.39 Å². The summed E-state index contributed by atoms with van der Waals surface area (Å²) < 4.78 is 34.9. The Morgan fingerprint density at radius 2 is 1.91 bits per heavy atom. The van der Waals surface area contributed by atoms with E-state index in [1.54, 1.807) is 12.0 Å². The highest BCUT2D eigenvalue weighted by molar-refractivity contribution is 6.02. The van der Waals surface area contributed by atoms with Crippen molar-refractivity contribution in [2.75, 3.05) is 30.4 Å². The Morgan fingerprint density at radius 1 is 1.09 bits per heavy atom. The lowest BCUT2D eigenvalue weighted by molar-refractivity contribution is -0.120. The van der Waals surface area contributed by atoms with E-state index in [0.717, 1.165) is 28.3 Å². The van der Waals surface area contributed by atoms with Crippen molar-refractivity contribution in [1.29, 1.82) is 0 Å². The highest BCUT2D eigenvalue weighted by Crippen LogP contribution is 2.48. The minimum Gasteiger partial charge on any atom is -0.497 e. The number of aromatic nitrogens is 1. The van der Waals surface area contributed by atoms with E-state index in [-0.39, 0.29) is 35.6 Å². The number of para-hydroxylation sites is 2. The van der Waals surface area contributed by atoms with Crippen molar-refractivity contribution in [3.05, 3.63) is 101 Å². The molecule has 1 aliphatic carbocycles. The van der Waals surface area contributed by atoms with Crippen molar-refractivity contribution in [3.63, 3.8) is 0 Å². The molecular formula is C34H34F2N4O3. The standard InChI is InChI=1S/C34H34F2N4O3/c1-34(2)16-28-32(30(41)17-34)33(23-10-8-21(35)14-25(23)36)40(29-7-5-4-6-27(29)39-28)19-31(42)37-13-12-20-18-38-26-11-9-22(43-3)15-24(20)26/h4-11,14-15,18,33,38-39H,12-13,16-17,19H2,1-3H3,(H,37,42). The van der Waals surface area contributed by atoms with Crippen LogP contribution in [0.2, 0.25) is 0 Å². The Morgan fingerprint density at radius 3 is 2.70 bits per heavy atom. The van der Waals surface area contributed by atoms with E-state index in [9.17, 15) is 14.0 Å². The number of aromatic amines is 1. The molecule has 0 fully saturated rings. The van der Waals surface area contributed by atoms with Crippen LogP contribution in [0.3, 0.4) is 0 Å². The number of nitrogens with zero attached hydrogens (tertiary/aromatic N) is 1. The number of anilines is 2. The third kappa shape index (κ3) is 5.59. The van der Waals surface area contributed by atoms with Crippen LogP contribution in [0, 0.1) is 17.0 Å². The van der Waals surface area contributed by atoms with Crippen molar-refractivity contribution in [2.45, 2.75) is 39.2 Å². The molecule has 0 spiro atoms. The van der Waals surface area contributed by atoms with Crippen molar-refractivity contribution >= 4 is 34.0 Å². The summed E-state index contributed by atoms with van der Waals surface area (Å²) in [5.41, 5.74) is 4.31. The third-order valence-electron chi connectivity index (χ3n) is 8.27. The van der Waals surface area contributed by atoms with Gasteiger partial charge in [0.1, 0.15) is 17.4 Å². The molecule has 0 radical (unpaired) electrons. The summed E-state index contributed by atoms with van der Waals surface area (Å²) in [5, 5.41) is 7.47. The molecule has 1 unspecified atom stereocenters. The molecule has 1 atom stereocenters. The minimum absolute atomic E-state index is 0.125. The number of benzene rings is 3. The second-order valence-corrected chi connectivity index (χ2v) is 12.0. The van der Waals surface area contributed by atoms with E-state index in [0.29, 0.717) is 42.0 Å². The van der Waals surface area contributed by atoms with Gasteiger partial charge in [0.05, 0.1) is 31.1 Å². The lowest BCUT2D eigenvalue weighted by Crippen LogP contribution is -2.42. The molecule has 0 saturated carbocycles. The van der Waals surface area contributed by atoms with Crippen molar-refractivity contribution < 1.29 is 23.1 Å². The van der Waals surface area contributed by atoms with Crippen LogP contribution >= 0.6 is 0 Å². The van der Waals surface area contributed by atoms with Crippen LogP contribution in [0.4, 0.5) is 20.2 Å². The predicted molar refractivity (Wildman–Crippen MR) is 163 cm³/mol. The molecule has 1 amide bonds. The zero-order valence-electron chi connectivity index (χ0n) is 24.4. The first-order valence-electron chi connectivity index (χ1n) is 14.4. The minimum atomic E-state index is -0.929. The van der Waals surface area contributed by atoms with Crippen molar-refractivity contribution in [1.82, 2.24) is 10.3 Å². The van der Waals surface area contributed by atoms with Crippen LogP contribution in [-0.4, -0.2) is 36.9 Å². The first kappa shape index (κ1) is 28.5. The van der Waals surface area contributed by atoms with Gasteiger partial charge in [-0.2, -0.15) is 0 Å². The molecule has 6 rings (SSSR count). The van der Waals surface area contributed by atoms with Gasteiger partial charge < -0.3 is 25.3 Å². The van der Waals surface area contributed by atoms with E-state index in [4.69, 9.17) is 4.74 Å². The molecule has 43 heavy (non-hydrogen) atoms. The summed E-state index contributed by atoms with van der Waals surface area (Å²) in [6.45, 7) is 4.27. The van der Waals surface area contributed by atoms with E-state index in [1.165, 1.54) is 12.1 Å². The first-order valence-corrected chi connectivity index (χ1v) is 14.4. The number of ether oxygens (including phenoxy) is 1. The largest absolute Gasteiger partial charge is 0.497 e. The number of allylic oxidation sites excluding steroid dienone is 1. The number of hydrogen-bond donors (Lipinski definition) is 3. The summed E-state index contributed by atoms with van der Waals surface area (Å²) in [7, 11) is 1.62. The van der Waals surface area contributed by atoms with Crippen LogP contribution in [0.1, 0.15) is 43.9 Å². The van der Waals surface area contributed by atoms with Gasteiger partial charge in [0.15, 0.2) is 5.78 Å². The molecule has 2 heterocycles. The van der Waals surface area contributed by atoms with Crippen LogP contribution in [0.25, 0.3) is 10.9 Å². The highest BCUT2D eigenvalue weighted by Gasteiger charge is 2.42. The number of carbonyl (C=O) groups excluding carboxylic acids is 2. The number of halogens is 2. The molecule has 2 aliphatic rings. The maximum absolute atomic E-state index is 15.5. The zero-order valence-corrected chi connectivity index (χ0v) is 24.4. The number of hydrogen-bond acceptors (Lipinski definition) is 5. The van der Waals surface area contributed by atoms with Crippen LogP contribution < -0.4 is 20.3 Å². The normalized spacial score (nSPS) is 17.7. The number of amides is 1. The fourth-order valence-electron chi connectivity index (χ4n) is 6.31. The number of ketones is 1. The molecule has 1 aliphatic heterocycles. The first-order chi connectivity index (χ1) is 20.6. The molecule has 222 valence electrons. The van der Waals surface area contributed by atoms with E-state index in [2.05, 4.69) is 15.6 Å². The van der Waals surface area contributed by atoms with Gasteiger partial charge in [-0.1, -0.05) is 32.0 Å². The zero-order chi connectivity index (χ0) is 30.3. The van der Waals surface area contributed by atoms with Gasteiger partial charge in [-0.05, 0) is 60.2 Å². The Labute approximate surface area is 248 Å². The highest BCUT2D eigenvalue weighted by atomic mass is 19.1. The molecule has 7 nitrogen and oxygen atoms in total. The summed E-state index contributed by atoms with van der Waals surface area (Å²) in [4.78, 5) is 32.3. The lowest BCUT2D eigenvalue weighted by atomic mass is 9.73. The molecule has 9 heteroatoms. The second kappa shape index (κ2) is 11.2. The topological polar surface area (TPSA) is 86.5 Å². The lowest BCUT2D eigenvalue weighted by Gasteiger charge is -2.38. The molecular weight excluding hydrogens is 550 g/mol. The maximum Gasteiger partial charge on any atom is 0.239 e. The molecule has 3 aromatic carbocycles. The Balaban J connectivity index is 1.33. The average molecular weight is 585 g/mol. The Bertz CT molecular complexity index is 1760. The van der Waals surface area contributed by atoms with Gasteiger partial charge in [-0.15, -0.1) is 0 Å². The SMILES string of the molecule is COc1ccc2[nH]cc(CCNC(=O)CN3c4ccccc4NC4=C(C(=O)CC(C)(C)C4)C3c3ccc(F)cc3F)c2c1. The number of carbonyl (C=O) groups is 2. The van der Waals surface area contributed by atoms with E-state index < -0.39 is 17.7 Å². The number of fused-ring (bicyclic) bond motifs is 2. The van der Waals surface area contributed by atoms with Gasteiger partial charge in [0.2, 0.25) is 5.91 Å². The number of rotatable bonds is 7. The summed E-state index contributed by atoms with van der Waals surface area (Å²) in [6, 6.07) is 15.7. The molecule has 1 aromatic heterocycles. The number of nitrogens with one attached hydrogen (secondary N) is 3. The monoisotopic (exact) mass is 584 g/mol. The third-order valence-corrected chi connectivity index (χ3v) is 8.27. The Kier molecular flexibility index (Phi) is 7.42. The fourth-order valence-corrected chi connectivity index (χ4v) is 6.31. The van der Waals surface area contributed by atoms with Crippen LogP contribution in [0.15, 0.2) is 78.1 Å².